The predicted molar refractivity (Wildman–Crippen MR) is 70.7 cm³/mol. The molecule has 87 valence electrons. The fourth-order valence-corrected chi connectivity index (χ4v) is 3.74. The minimum absolute atomic E-state index is 0. The fourth-order valence-electron chi connectivity index (χ4n) is 1.24. The molecule has 2 aromatic rings. The van der Waals surface area contributed by atoms with Gasteiger partial charge in [0, 0.05) is 46.3 Å². The zero-order chi connectivity index (χ0) is 10.9. The van der Waals surface area contributed by atoms with E-state index in [-0.39, 0.29) is 20.1 Å². The van der Waals surface area contributed by atoms with Gasteiger partial charge in [0.15, 0.2) is 0 Å². The molecule has 0 fully saturated rings. The molecule has 0 saturated heterocycles. The molecule has 0 saturated carbocycles. The fraction of sp³-hybridized carbons (Fsp3) is 0.250. The largest absolute Gasteiger partial charge is 0.319 e. The molecule has 2 heterocycles. The number of hydrogen-bond acceptors (Lipinski definition) is 2. The van der Waals surface area contributed by atoms with Gasteiger partial charge in [-0.05, 0) is 19.0 Å². The molecule has 2 aromatic heterocycles. The molecule has 1 nitrogen and oxygen atoms in total. The topological polar surface area (TPSA) is 12.9 Å². The van der Waals surface area contributed by atoms with E-state index in [2.05, 4.69) is 37.1 Å². The number of thiophene rings is 1. The second kappa shape index (κ2) is 5.51. The summed E-state index contributed by atoms with van der Waals surface area (Å²) >= 11 is 1.82. The van der Waals surface area contributed by atoms with Gasteiger partial charge in [-0.15, -0.1) is 6.07 Å². The molecular formula is C12H14IrNPS. The summed E-state index contributed by atoms with van der Waals surface area (Å²) in [7, 11) is -0.908. The van der Waals surface area contributed by atoms with Gasteiger partial charge in [0.1, 0.15) is 0 Å². The molecule has 0 N–H and O–H groups in total. The quantitative estimate of drug-likeness (QED) is 0.530. The maximum Gasteiger partial charge on any atom is 0.0515 e. The van der Waals surface area contributed by atoms with Gasteiger partial charge in [-0.3, -0.25) is 0 Å². The summed E-state index contributed by atoms with van der Waals surface area (Å²) in [5.74, 6) is 0. The van der Waals surface area contributed by atoms with Crippen LogP contribution in [0.1, 0.15) is 0 Å². The standard InChI is InChI=1S/C12H14NPS.Ir/c1-14(2,3)12-8-7-11(15-12)10-6-4-5-9-13-10;/h4-6,8-9H,1-3H3;. The monoisotopic (exact) mass is 428 g/mol. The number of aromatic nitrogens is 1. The third-order valence-corrected chi connectivity index (χ3v) is 6.32. The van der Waals surface area contributed by atoms with E-state index in [1.165, 1.54) is 4.62 Å². The molecule has 0 aliphatic heterocycles. The average molecular weight is 428 g/mol. The molecule has 0 spiro atoms. The van der Waals surface area contributed by atoms with E-state index in [9.17, 15) is 0 Å². The zero-order valence-corrected chi connectivity index (χ0v) is 13.6. The second-order valence-electron chi connectivity index (χ2n) is 4.29. The van der Waals surface area contributed by atoms with E-state index in [4.69, 9.17) is 0 Å². The number of pyridine rings is 1. The van der Waals surface area contributed by atoms with Crippen LogP contribution in [0.25, 0.3) is 10.6 Å². The van der Waals surface area contributed by atoms with Crippen LogP contribution in [0.3, 0.4) is 0 Å². The van der Waals surface area contributed by atoms with E-state index in [0.717, 1.165) is 10.6 Å². The van der Waals surface area contributed by atoms with Crippen LogP contribution in [-0.4, -0.2) is 25.0 Å². The molecule has 4 heteroatoms. The van der Waals surface area contributed by atoms with Crippen molar-refractivity contribution < 1.29 is 20.1 Å². The third-order valence-electron chi connectivity index (χ3n) is 2.09. The summed E-state index contributed by atoms with van der Waals surface area (Å²) in [6.07, 6.45) is 1.83. The number of hydrogen-bond donors (Lipinski definition) is 0. The van der Waals surface area contributed by atoms with Crippen molar-refractivity contribution in [2.75, 3.05) is 20.0 Å². The summed E-state index contributed by atoms with van der Waals surface area (Å²) < 4.78 is 1.46. The molecule has 2 rings (SSSR count). The molecule has 0 aliphatic carbocycles. The smallest absolute Gasteiger partial charge is 0.0515 e. The Hall–Kier alpha value is -0.0706. The predicted octanol–water partition coefficient (Wildman–Crippen LogP) is 3.14. The van der Waals surface area contributed by atoms with Crippen LogP contribution in [0.2, 0.25) is 0 Å². The first kappa shape index (κ1) is 14.0. The van der Waals surface area contributed by atoms with Crippen molar-refractivity contribution in [2.24, 2.45) is 0 Å². The normalized spacial score (nSPS) is 10.9. The summed E-state index contributed by atoms with van der Waals surface area (Å²) in [6.45, 7) is 6.98. The van der Waals surface area contributed by atoms with Crippen molar-refractivity contribution in [2.45, 2.75) is 0 Å². The number of rotatable bonds is 2. The molecule has 0 unspecified atom stereocenters. The Morgan fingerprint density at radius 2 is 2.00 bits per heavy atom. The van der Waals surface area contributed by atoms with Crippen LogP contribution in [0.15, 0.2) is 30.5 Å². The van der Waals surface area contributed by atoms with Crippen LogP contribution >= 0.6 is 18.6 Å². The molecule has 0 aromatic carbocycles. The van der Waals surface area contributed by atoms with Crippen LogP contribution in [0.5, 0.6) is 0 Å². The Kier molecular flexibility index (Phi) is 4.82. The van der Waals surface area contributed by atoms with Crippen molar-refractivity contribution in [3.63, 3.8) is 0 Å². The van der Waals surface area contributed by atoms with E-state index < -0.39 is 7.26 Å². The minimum atomic E-state index is -0.908. The van der Waals surface area contributed by atoms with Crippen molar-refractivity contribution in [3.05, 3.63) is 36.5 Å². The molecule has 1 radical (unpaired) electrons. The van der Waals surface area contributed by atoms with Gasteiger partial charge in [0.2, 0.25) is 0 Å². The van der Waals surface area contributed by atoms with Gasteiger partial charge in [-0.25, -0.2) is 0 Å². The van der Waals surface area contributed by atoms with Crippen molar-refractivity contribution >= 4 is 23.2 Å². The summed E-state index contributed by atoms with van der Waals surface area (Å²) in [6, 6.07) is 11.4. The SMILES string of the molecule is C[P+](C)(C)c1c[c-]c(-c2ccccn2)s1.[Ir]. The first-order chi connectivity index (χ1) is 7.07. The molecule has 16 heavy (non-hydrogen) atoms. The van der Waals surface area contributed by atoms with Crippen LogP contribution < -0.4 is 4.62 Å². The molecular weight excluding hydrogens is 413 g/mol. The Morgan fingerprint density at radius 1 is 1.25 bits per heavy atom. The third kappa shape index (κ3) is 3.21. The van der Waals surface area contributed by atoms with Crippen molar-refractivity contribution in [1.29, 1.82) is 0 Å². The summed E-state index contributed by atoms with van der Waals surface area (Å²) in [4.78, 5) is 5.49. The van der Waals surface area contributed by atoms with Gasteiger partial charge < -0.3 is 4.98 Å². The Balaban J connectivity index is 0.00000128. The zero-order valence-electron chi connectivity index (χ0n) is 9.52. The van der Waals surface area contributed by atoms with Gasteiger partial charge in [0.05, 0.1) is 4.62 Å². The van der Waals surface area contributed by atoms with Gasteiger partial charge >= 0.3 is 0 Å². The van der Waals surface area contributed by atoms with Crippen LogP contribution in [0, 0.1) is 6.07 Å². The van der Waals surface area contributed by atoms with Crippen LogP contribution in [0.4, 0.5) is 0 Å². The average Bonchev–Trinajstić information content (AvgIpc) is 2.67. The van der Waals surface area contributed by atoms with Gasteiger partial charge in [0.25, 0.3) is 0 Å². The second-order valence-corrected chi connectivity index (χ2v) is 10.1. The van der Waals surface area contributed by atoms with Gasteiger partial charge in [-0.1, -0.05) is 17.0 Å². The molecule has 0 amide bonds. The number of nitrogens with zero attached hydrogens (tertiary/aromatic N) is 1. The maximum atomic E-state index is 4.34. The Labute approximate surface area is 115 Å². The summed E-state index contributed by atoms with van der Waals surface area (Å²) in [5.41, 5.74) is 1.03. The molecule has 0 aliphatic rings. The van der Waals surface area contributed by atoms with E-state index in [1.807, 2.05) is 35.7 Å². The maximum absolute atomic E-state index is 4.34. The molecule has 0 atom stereocenters. The van der Waals surface area contributed by atoms with Crippen molar-refractivity contribution in [1.82, 2.24) is 4.98 Å². The van der Waals surface area contributed by atoms with Crippen molar-refractivity contribution in [3.8, 4) is 10.6 Å². The van der Waals surface area contributed by atoms with E-state index >= 15 is 0 Å². The van der Waals surface area contributed by atoms with Gasteiger partial charge in [-0.2, -0.15) is 17.4 Å². The summed E-state index contributed by atoms with van der Waals surface area (Å²) in [5, 5.41) is 0. The molecule has 0 bridgehead atoms. The minimum Gasteiger partial charge on any atom is -0.319 e. The van der Waals surface area contributed by atoms with E-state index in [0.29, 0.717) is 0 Å². The first-order valence-electron chi connectivity index (χ1n) is 4.82. The Morgan fingerprint density at radius 3 is 2.50 bits per heavy atom. The first-order valence-corrected chi connectivity index (χ1v) is 8.77. The van der Waals surface area contributed by atoms with Crippen LogP contribution in [-0.2, 0) is 20.1 Å². The van der Waals surface area contributed by atoms with E-state index in [1.54, 1.807) is 0 Å². The Bertz CT molecular complexity index is 448.